The number of hydrogen-bond acceptors (Lipinski definition) is 4. The second-order valence-electron chi connectivity index (χ2n) is 10.1. The molecule has 0 aliphatic heterocycles. The summed E-state index contributed by atoms with van der Waals surface area (Å²) >= 11 is 0. The van der Waals surface area contributed by atoms with Gasteiger partial charge in [0.1, 0.15) is 24.7 Å². The van der Waals surface area contributed by atoms with Gasteiger partial charge in [-0.15, -0.1) is 0 Å². The topological polar surface area (TPSA) is 58.9 Å². The van der Waals surface area contributed by atoms with Gasteiger partial charge in [0.2, 0.25) is 0 Å². The largest absolute Gasteiger partial charge is 0.490 e. The molecule has 0 spiro atoms. The lowest BCUT2D eigenvalue weighted by atomic mass is 9.98. The monoisotopic (exact) mass is 494 g/mol. The van der Waals surface area contributed by atoms with Gasteiger partial charge in [0.05, 0.1) is 12.2 Å². The predicted octanol–water partition coefficient (Wildman–Crippen LogP) is 7.98. The molecular weight excluding hydrogens is 448 g/mol. The van der Waals surface area contributed by atoms with Gasteiger partial charge in [-0.3, -0.25) is 0 Å². The molecular formula is C32H46O4. The molecule has 0 amide bonds. The molecule has 0 heterocycles. The molecule has 3 aromatic rings. The summed E-state index contributed by atoms with van der Waals surface area (Å²) in [5.41, 5.74) is 1.23. The average molecular weight is 495 g/mol. The molecule has 3 rings (SSSR count). The van der Waals surface area contributed by atoms with Gasteiger partial charge in [-0.2, -0.15) is 0 Å². The number of rotatable bonds is 17. The quantitative estimate of drug-likeness (QED) is 0.147. The summed E-state index contributed by atoms with van der Waals surface area (Å²) in [4.78, 5) is 0. The van der Waals surface area contributed by atoms with Gasteiger partial charge >= 0.3 is 0 Å². The van der Waals surface area contributed by atoms with Crippen LogP contribution in [0.15, 0.2) is 42.5 Å². The Labute approximate surface area is 217 Å². The number of aliphatic hydroxyl groups is 2. The Morgan fingerprint density at radius 2 is 1.11 bits per heavy atom. The van der Waals surface area contributed by atoms with Crippen LogP contribution in [0.4, 0.5) is 0 Å². The van der Waals surface area contributed by atoms with Crippen molar-refractivity contribution in [2.24, 2.45) is 0 Å². The Morgan fingerprint density at radius 1 is 0.611 bits per heavy atom. The molecule has 36 heavy (non-hydrogen) atoms. The molecule has 2 unspecified atom stereocenters. The SMILES string of the molecule is CCCCCCC(O)COc1c2ccccc2c(OCC(O)CCCCCC)c2cc(CC)ccc12. The number of benzene rings is 3. The van der Waals surface area contributed by atoms with E-state index in [0.29, 0.717) is 0 Å². The second kappa shape index (κ2) is 15.1. The lowest BCUT2D eigenvalue weighted by Gasteiger charge is -2.20. The third-order valence-electron chi connectivity index (χ3n) is 7.02. The molecule has 2 N–H and O–H groups in total. The summed E-state index contributed by atoms with van der Waals surface area (Å²) in [6.45, 7) is 7.09. The van der Waals surface area contributed by atoms with Crippen LogP contribution >= 0.6 is 0 Å². The fourth-order valence-electron chi connectivity index (χ4n) is 4.82. The van der Waals surface area contributed by atoms with E-state index in [0.717, 1.165) is 78.0 Å². The molecule has 3 aromatic carbocycles. The van der Waals surface area contributed by atoms with E-state index in [4.69, 9.17) is 9.47 Å². The maximum Gasteiger partial charge on any atom is 0.135 e. The fourth-order valence-corrected chi connectivity index (χ4v) is 4.82. The number of unbranched alkanes of at least 4 members (excludes halogenated alkanes) is 6. The van der Waals surface area contributed by atoms with Crippen LogP contribution in [-0.4, -0.2) is 35.6 Å². The zero-order valence-electron chi connectivity index (χ0n) is 22.6. The predicted molar refractivity (Wildman–Crippen MR) is 151 cm³/mol. The number of fused-ring (bicyclic) bond motifs is 2. The van der Waals surface area contributed by atoms with Crippen LogP contribution in [0.3, 0.4) is 0 Å². The molecule has 0 radical (unpaired) electrons. The number of aryl methyl sites for hydroxylation is 1. The van der Waals surface area contributed by atoms with Crippen molar-refractivity contribution in [2.75, 3.05) is 13.2 Å². The first-order valence-corrected chi connectivity index (χ1v) is 14.2. The molecule has 198 valence electrons. The summed E-state index contributed by atoms with van der Waals surface area (Å²) in [5.74, 6) is 1.60. The Balaban J connectivity index is 1.87. The highest BCUT2D eigenvalue weighted by Crippen LogP contribution is 2.43. The molecule has 0 aliphatic carbocycles. The first-order chi connectivity index (χ1) is 17.6. The summed E-state index contributed by atoms with van der Waals surface area (Å²) in [5, 5.41) is 25.1. The third kappa shape index (κ3) is 7.85. The Morgan fingerprint density at radius 3 is 1.61 bits per heavy atom. The summed E-state index contributed by atoms with van der Waals surface area (Å²) in [6.07, 6.45) is 10.6. The highest BCUT2D eigenvalue weighted by Gasteiger charge is 2.18. The minimum absolute atomic E-state index is 0.275. The highest BCUT2D eigenvalue weighted by molar-refractivity contribution is 6.11. The van der Waals surface area contributed by atoms with Crippen LogP contribution in [0.5, 0.6) is 11.5 Å². The molecule has 4 heteroatoms. The van der Waals surface area contributed by atoms with E-state index in [2.05, 4.69) is 51.1 Å². The fraction of sp³-hybridized carbons (Fsp3) is 0.562. The molecule has 0 aromatic heterocycles. The van der Waals surface area contributed by atoms with E-state index in [1.54, 1.807) is 0 Å². The Kier molecular flexibility index (Phi) is 11.8. The van der Waals surface area contributed by atoms with E-state index in [-0.39, 0.29) is 13.2 Å². The van der Waals surface area contributed by atoms with Crippen molar-refractivity contribution in [1.29, 1.82) is 0 Å². The van der Waals surface area contributed by atoms with E-state index >= 15 is 0 Å². The third-order valence-corrected chi connectivity index (χ3v) is 7.02. The van der Waals surface area contributed by atoms with Crippen molar-refractivity contribution in [2.45, 2.75) is 104 Å². The lowest BCUT2D eigenvalue weighted by molar-refractivity contribution is 0.0978. The van der Waals surface area contributed by atoms with Crippen LogP contribution in [0.2, 0.25) is 0 Å². The lowest BCUT2D eigenvalue weighted by Crippen LogP contribution is -2.18. The van der Waals surface area contributed by atoms with Gasteiger partial charge in [-0.1, -0.05) is 109 Å². The maximum absolute atomic E-state index is 10.6. The number of hydrogen-bond donors (Lipinski definition) is 2. The van der Waals surface area contributed by atoms with Crippen LogP contribution in [0, 0.1) is 0 Å². The zero-order valence-corrected chi connectivity index (χ0v) is 22.6. The molecule has 0 saturated carbocycles. The average Bonchev–Trinajstić information content (AvgIpc) is 2.90. The minimum Gasteiger partial charge on any atom is -0.490 e. The normalized spacial score (nSPS) is 13.2. The highest BCUT2D eigenvalue weighted by atomic mass is 16.5. The van der Waals surface area contributed by atoms with Gasteiger partial charge in [0.15, 0.2) is 0 Å². The van der Waals surface area contributed by atoms with E-state index in [9.17, 15) is 10.2 Å². The van der Waals surface area contributed by atoms with Crippen LogP contribution < -0.4 is 9.47 Å². The maximum atomic E-state index is 10.6. The van der Waals surface area contributed by atoms with Crippen molar-refractivity contribution in [1.82, 2.24) is 0 Å². The van der Waals surface area contributed by atoms with E-state index in [1.807, 2.05) is 12.1 Å². The van der Waals surface area contributed by atoms with Gasteiger partial charge < -0.3 is 19.7 Å². The Bertz CT molecular complexity index is 1060. The minimum atomic E-state index is -0.483. The van der Waals surface area contributed by atoms with Gasteiger partial charge in [-0.25, -0.2) is 0 Å². The molecule has 0 fully saturated rings. The standard InChI is InChI=1S/C32H46O4/c1-4-7-9-11-15-25(33)22-35-31-27-17-13-14-18-28(27)32(30-21-24(6-3)19-20-29(30)31)36-23-26(34)16-12-10-8-5-2/h13-14,17-21,25-26,33-34H,4-12,15-16,22-23H2,1-3H3. The Hall–Kier alpha value is -2.30. The van der Waals surface area contributed by atoms with E-state index < -0.39 is 12.2 Å². The molecule has 0 bridgehead atoms. The first kappa shape index (κ1) is 28.3. The van der Waals surface area contributed by atoms with Crippen molar-refractivity contribution in [3.63, 3.8) is 0 Å². The van der Waals surface area contributed by atoms with Crippen LogP contribution in [0.1, 0.15) is 90.5 Å². The van der Waals surface area contributed by atoms with E-state index in [1.165, 1.54) is 31.2 Å². The summed E-state index contributed by atoms with van der Waals surface area (Å²) in [6, 6.07) is 14.6. The van der Waals surface area contributed by atoms with Gasteiger partial charge in [-0.05, 0) is 30.9 Å². The first-order valence-electron chi connectivity index (χ1n) is 14.2. The summed E-state index contributed by atoms with van der Waals surface area (Å²) in [7, 11) is 0. The van der Waals surface area contributed by atoms with Crippen molar-refractivity contribution in [3.05, 3.63) is 48.0 Å². The van der Waals surface area contributed by atoms with Crippen LogP contribution in [-0.2, 0) is 6.42 Å². The molecule has 0 aliphatic rings. The smallest absolute Gasteiger partial charge is 0.135 e. The number of ether oxygens (including phenoxy) is 2. The summed E-state index contributed by atoms with van der Waals surface area (Å²) < 4.78 is 12.7. The number of aliphatic hydroxyl groups excluding tert-OH is 2. The van der Waals surface area contributed by atoms with Crippen LogP contribution in [0.25, 0.3) is 21.5 Å². The van der Waals surface area contributed by atoms with Crippen molar-refractivity contribution >= 4 is 21.5 Å². The molecule has 0 saturated heterocycles. The second-order valence-corrected chi connectivity index (χ2v) is 10.1. The molecule has 2 atom stereocenters. The van der Waals surface area contributed by atoms with Gasteiger partial charge in [0, 0.05) is 21.5 Å². The molecule has 4 nitrogen and oxygen atoms in total. The van der Waals surface area contributed by atoms with Crippen molar-refractivity contribution < 1.29 is 19.7 Å². The zero-order chi connectivity index (χ0) is 25.8. The van der Waals surface area contributed by atoms with Crippen molar-refractivity contribution in [3.8, 4) is 11.5 Å². The van der Waals surface area contributed by atoms with Gasteiger partial charge in [0.25, 0.3) is 0 Å².